The lowest BCUT2D eigenvalue weighted by atomic mass is 10.1. The summed E-state index contributed by atoms with van der Waals surface area (Å²) in [7, 11) is 0. The van der Waals surface area contributed by atoms with E-state index in [9.17, 15) is 9.59 Å². The molecule has 0 aliphatic rings. The molecule has 0 aliphatic heterocycles. The van der Waals surface area contributed by atoms with Crippen LogP contribution >= 0.6 is 15.9 Å². The number of carbonyl (C=O) groups is 1. The Hall–Kier alpha value is -3.71. The van der Waals surface area contributed by atoms with E-state index in [4.69, 9.17) is 0 Å². The second-order valence-corrected chi connectivity index (χ2v) is 8.43. The lowest BCUT2D eigenvalue weighted by molar-refractivity contribution is 0.0951. The van der Waals surface area contributed by atoms with Crippen molar-refractivity contribution in [1.82, 2.24) is 19.3 Å². The number of amides is 1. The van der Waals surface area contributed by atoms with Gasteiger partial charge in [-0.05, 0) is 59.7 Å². The zero-order valence-electron chi connectivity index (χ0n) is 17.0. The van der Waals surface area contributed by atoms with Gasteiger partial charge >= 0.3 is 0 Å². The number of pyridine rings is 1. The van der Waals surface area contributed by atoms with Crippen LogP contribution in [-0.2, 0) is 13.1 Å². The topological polar surface area (TPSA) is 68.4 Å². The van der Waals surface area contributed by atoms with Gasteiger partial charge in [-0.3, -0.25) is 14.2 Å². The Morgan fingerprint density at radius 1 is 0.938 bits per heavy atom. The summed E-state index contributed by atoms with van der Waals surface area (Å²) < 4.78 is 4.48. The van der Waals surface area contributed by atoms with E-state index in [-0.39, 0.29) is 11.5 Å². The van der Waals surface area contributed by atoms with Crippen molar-refractivity contribution in [3.05, 3.63) is 117 Å². The average Bonchev–Trinajstić information content (AvgIpc) is 3.31. The Balaban J connectivity index is 1.44. The van der Waals surface area contributed by atoms with E-state index in [0.717, 1.165) is 21.1 Å². The van der Waals surface area contributed by atoms with Crippen LogP contribution in [0.2, 0.25) is 0 Å². The number of nitrogens with zero attached hydrogens (tertiary/aromatic N) is 3. The third-order valence-electron chi connectivity index (χ3n) is 5.37. The van der Waals surface area contributed by atoms with Crippen LogP contribution in [0.5, 0.6) is 0 Å². The van der Waals surface area contributed by atoms with Crippen LogP contribution < -0.4 is 10.9 Å². The first kappa shape index (κ1) is 20.2. The van der Waals surface area contributed by atoms with E-state index in [0.29, 0.717) is 29.8 Å². The predicted molar refractivity (Wildman–Crippen MR) is 128 cm³/mol. The van der Waals surface area contributed by atoms with Crippen LogP contribution in [0.3, 0.4) is 0 Å². The standard InChI is InChI=1S/C25H19BrN4O2/c26-20-8-2-5-17(14-20)15-28-24(31)19-7-1-6-18(13-19)16-30-23-21(9-3-11-27-23)29-12-4-10-22(29)25(30)32/h1-14H,15-16H2,(H,28,31). The minimum Gasteiger partial charge on any atom is -0.348 e. The highest BCUT2D eigenvalue weighted by Crippen LogP contribution is 2.16. The molecule has 0 radical (unpaired) electrons. The smallest absolute Gasteiger partial charge is 0.276 e. The van der Waals surface area contributed by atoms with Crippen LogP contribution in [0, 0.1) is 0 Å². The van der Waals surface area contributed by atoms with Gasteiger partial charge in [0.25, 0.3) is 11.5 Å². The molecule has 7 heteroatoms. The molecule has 5 rings (SSSR count). The highest BCUT2D eigenvalue weighted by atomic mass is 79.9. The van der Waals surface area contributed by atoms with Crippen molar-refractivity contribution in [3.8, 4) is 0 Å². The van der Waals surface area contributed by atoms with E-state index in [1.54, 1.807) is 22.9 Å². The van der Waals surface area contributed by atoms with Crippen LogP contribution in [0.4, 0.5) is 0 Å². The molecule has 32 heavy (non-hydrogen) atoms. The van der Waals surface area contributed by atoms with Crippen LogP contribution in [0.15, 0.2) is 94.5 Å². The van der Waals surface area contributed by atoms with Crippen molar-refractivity contribution >= 4 is 38.5 Å². The second-order valence-electron chi connectivity index (χ2n) is 7.51. The number of hydrogen-bond donors (Lipinski definition) is 1. The molecule has 5 aromatic rings. The largest absolute Gasteiger partial charge is 0.348 e. The van der Waals surface area contributed by atoms with Crippen molar-refractivity contribution in [3.63, 3.8) is 0 Å². The molecule has 2 aromatic carbocycles. The molecule has 0 fully saturated rings. The third-order valence-corrected chi connectivity index (χ3v) is 5.86. The molecule has 1 amide bonds. The number of carbonyl (C=O) groups excluding carboxylic acids is 1. The van der Waals surface area contributed by atoms with Crippen molar-refractivity contribution in [2.45, 2.75) is 13.1 Å². The molecule has 1 N–H and O–H groups in total. The summed E-state index contributed by atoms with van der Waals surface area (Å²) in [6, 6.07) is 22.6. The predicted octanol–water partition coefficient (Wildman–Crippen LogP) is 4.39. The number of fused-ring (bicyclic) bond motifs is 3. The molecule has 3 aromatic heterocycles. The fraction of sp³-hybridized carbons (Fsp3) is 0.0800. The molecule has 3 heterocycles. The second kappa shape index (κ2) is 8.43. The van der Waals surface area contributed by atoms with Crippen LogP contribution in [0.1, 0.15) is 21.5 Å². The van der Waals surface area contributed by atoms with Gasteiger partial charge in [-0.15, -0.1) is 0 Å². The number of halogens is 1. The van der Waals surface area contributed by atoms with Crippen molar-refractivity contribution < 1.29 is 4.79 Å². The fourth-order valence-corrected chi connectivity index (χ4v) is 4.30. The van der Waals surface area contributed by atoms with Gasteiger partial charge in [0.2, 0.25) is 0 Å². The van der Waals surface area contributed by atoms with Gasteiger partial charge < -0.3 is 9.72 Å². The van der Waals surface area contributed by atoms with Gasteiger partial charge in [-0.25, -0.2) is 4.98 Å². The van der Waals surface area contributed by atoms with E-state index < -0.39 is 0 Å². The lowest BCUT2D eigenvalue weighted by Crippen LogP contribution is -2.25. The first-order valence-electron chi connectivity index (χ1n) is 10.2. The summed E-state index contributed by atoms with van der Waals surface area (Å²) in [5.74, 6) is -0.163. The van der Waals surface area contributed by atoms with E-state index >= 15 is 0 Å². The van der Waals surface area contributed by atoms with Gasteiger partial charge in [-0.1, -0.05) is 40.2 Å². The van der Waals surface area contributed by atoms with Gasteiger partial charge in [0.15, 0.2) is 5.65 Å². The average molecular weight is 487 g/mol. The maximum absolute atomic E-state index is 13.1. The van der Waals surface area contributed by atoms with Crippen molar-refractivity contribution in [2.75, 3.05) is 0 Å². The summed E-state index contributed by atoms with van der Waals surface area (Å²) in [6.45, 7) is 0.752. The quantitative estimate of drug-likeness (QED) is 0.400. The number of rotatable bonds is 5. The molecule has 0 saturated carbocycles. The molecule has 6 nitrogen and oxygen atoms in total. The zero-order chi connectivity index (χ0) is 22.1. The maximum atomic E-state index is 13.1. The highest BCUT2D eigenvalue weighted by molar-refractivity contribution is 9.10. The first-order chi connectivity index (χ1) is 15.6. The summed E-state index contributed by atoms with van der Waals surface area (Å²) in [6.07, 6.45) is 3.54. The van der Waals surface area contributed by atoms with Gasteiger partial charge in [0, 0.05) is 29.0 Å². The molecule has 0 aliphatic carbocycles. The molecule has 0 bridgehead atoms. The molecule has 0 spiro atoms. The Bertz CT molecular complexity index is 1520. The summed E-state index contributed by atoms with van der Waals surface area (Å²) in [5, 5.41) is 2.95. The number of aromatic nitrogens is 3. The zero-order valence-corrected chi connectivity index (χ0v) is 18.6. The third kappa shape index (κ3) is 3.83. The molecular formula is C25H19BrN4O2. The Morgan fingerprint density at radius 3 is 2.62 bits per heavy atom. The fourth-order valence-electron chi connectivity index (χ4n) is 3.86. The molecule has 0 saturated heterocycles. The first-order valence-corrected chi connectivity index (χ1v) is 11.0. The molecular weight excluding hydrogens is 468 g/mol. The van der Waals surface area contributed by atoms with Crippen LogP contribution in [0.25, 0.3) is 16.7 Å². The van der Waals surface area contributed by atoms with Crippen LogP contribution in [-0.4, -0.2) is 19.9 Å². The van der Waals surface area contributed by atoms with E-state index in [2.05, 4.69) is 26.2 Å². The molecule has 0 atom stereocenters. The minimum atomic E-state index is -0.163. The number of nitrogens with one attached hydrogen (secondary N) is 1. The van der Waals surface area contributed by atoms with Gasteiger partial charge in [-0.2, -0.15) is 0 Å². The molecule has 0 unspecified atom stereocenters. The Labute approximate surface area is 192 Å². The SMILES string of the molecule is O=C(NCc1cccc(Br)c1)c1cccc(Cn2c(=O)c3cccn3c3cccnc32)c1. The summed E-state index contributed by atoms with van der Waals surface area (Å²) >= 11 is 3.44. The number of benzene rings is 2. The summed E-state index contributed by atoms with van der Waals surface area (Å²) in [5.41, 5.74) is 4.34. The lowest BCUT2D eigenvalue weighted by Gasteiger charge is -2.12. The maximum Gasteiger partial charge on any atom is 0.276 e. The normalized spacial score (nSPS) is 11.2. The van der Waals surface area contributed by atoms with Crippen molar-refractivity contribution in [2.24, 2.45) is 0 Å². The number of hydrogen-bond acceptors (Lipinski definition) is 3. The van der Waals surface area contributed by atoms with Gasteiger partial charge in [0.1, 0.15) is 5.52 Å². The molecule has 158 valence electrons. The monoisotopic (exact) mass is 486 g/mol. The van der Waals surface area contributed by atoms with Crippen molar-refractivity contribution in [1.29, 1.82) is 0 Å². The minimum absolute atomic E-state index is 0.120. The van der Waals surface area contributed by atoms with Gasteiger partial charge in [0.05, 0.1) is 12.1 Å². The highest BCUT2D eigenvalue weighted by Gasteiger charge is 2.13. The van der Waals surface area contributed by atoms with E-state index in [1.165, 1.54) is 0 Å². The van der Waals surface area contributed by atoms with E-state index in [1.807, 2.05) is 71.3 Å². The Kier molecular flexibility index (Phi) is 5.33. The Morgan fingerprint density at radius 2 is 1.75 bits per heavy atom. The summed E-state index contributed by atoms with van der Waals surface area (Å²) in [4.78, 5) is 30.3.